The van der Waals surface area contributed by atoms with Gasteiger partial charge in [0.2, 0.25) is 5.91 Å². The molecule has 2 aliphatic rings. The molecular formula is C26H20ClNO4. The van der Waals surface area contributed by atoms with Gasteiger partial charge in [-0.3, -0.25) is 14.4 Å². The first-order valence-electron chi connectivity index (χ1n) is 10.3. The molecule has 6 heteroatoms. The molecule has 1 fully saturated rings. The van der Waals surface area contributed by atoms with Crippen LogP contribution in [0.1, 0.15) is 34.3 Å². The topological polar surface area (TPSA) is 72.5 Å². The second kappa shape index (κ2) is 7.31. The molecule has 0 saturated heterocycles. The molecule has 1 aliphatic heterocycles. The molecular weight excluding hydrogens is 426 g/mol. The molecule has 1 amide bonds. The van der Waals surface area contributed by atoms with Gasteiger partial charge in [0.25, 0.3) is 0 Å². The first-order valence-corrected chi connectivity index (χ1v) is 10.7. The van der Waals surface area contributed by atoms with Crippen LogP contribution >= 0.6 is 11.6 Å². The summed E-state index contributed by atoms with van der Waals surface area (Å²) in [6, 6.07) is 23.0. The van der Waals surface area contributed by atoms with Crippen LogP contribution in [0.2, 0.25) is 5.02 Å². The third kappa shape index (κ3) is 2.74. The van der Waals surface area contributed by atoms with E-state index in [2.05, 4.69) is 5.32 Å². The first-order chi connectivity index (χ1) is 15.4. The Balaban J connectivity index is 1.57. The molecule has 3 atom stereocenters. The minimum atomic E-state index is -1.63. The molecule has 0 aromatic heterocycles. The lowest BCUT2D eigenvalue weighted by molar-refractivity contribution is -0.149. The number of Topliss-reactive ketones (excluding diaryl/α,β-unsaturated/α-hetero) is 1. The number of nitrogens with one attached hydrogen (secondary N) is 1. The van der Waals surface area contributed by atoms with Gasteiger partial charge in [-0.25, -0.2) is 0 Å². The quantitative estimate of drug-likeness (QED) is 0.271. The summed E-state index contributed by atoms with van der Waals surface area (Å²) in [5.74, 6) is -1.72. The Labute approximate surface area is 190 Å². The lowest BCUT2D eigenvalue weighted by Gasteiger charge is -2.23. The van der Waals surface area contributed by atoms with E-state index in [1.807, 2.05) is 42.5 Å². The van der Waals surface area contributed by atoms with Crippen molar-refractivity contribution in [2.24, 2.45) is 10.8 Å². The summed E-state index contributed by atoms with van der Waals surface area (Å²) in [5, 5.41) is 3.37. The maximum Gasteiger partial charge on any atom is 0.328 e. The van der Waals surface area contributed by atoms with Crippen molar-refractivity contribution >= 4 is 29.3 Å². The monoisotopic (exact) mass is 445 g/mol. The van der Waals surface area contributed by atoms with E-state index in [1.54, 1.807) is 43.3 Å². The van der Waals surface area contributed by atoms with E-state index in [0.29, 0.717) is 21.9 Å². The van der Waals surface area contributed by atoms with Crippen molar-refractivity contribution in [3.63, 3.8) is 0 Å². The average molecular weight is 446 g/mol. The summed E-state index contributed by atoms with van der Waals surface area (Å²) in [4.78, 5) is 40.6. The third-order valence-electron chi connectivity index (χ3n) is 6.73. The molecule has 0 bridgehead atoms. The fourth-order valence-corrected chi connectivity index (χ4v) is 5.20. The molecule has 1 heterocycles. The molecule has 0 radical (unpaired) electrons. The number of carbonyl (C=O) groups is 3. The fourth-order valence-electron chi connectivity index (χ4n) is 5.07. The molecule has 0 spiro atoms. The van der Waals surface area contributed by atoms with Gasteiger partial charge < -0.3 is 10.1 Å². The maximum absolute atomic E-state index is 13.7. The molecule has 1 N–H and O–H groups in total. The Bertz CT molecular complexity index is 1240. The molecule has 5 rings (SSSR count). The SMILES string of the molecule is C[C@@]1(C(=O)c2ccc(Cl)cc2)[C@H]2c3ccccc3OC(=O)[C@@]21C(=O)NCc1ccccc1. The second-order valence-electron chi connectivity index (χ2n) is 8.38. The van der Waals surface area contributed by atoms with E-state index in [0.717, 1.165) is 5.56 Å². The van der Waals surface area contributed by atoms with E-state index in [9.17, 15) is 14.4 Å². The Morgan fingerprint density at radius 1 is 0.969 bits per heavy atom. The largest absolute Gasteiger partial charge is 0.425 e. The summed E-state index contributed by atoms with van der Waals surface area (Å²) in [6.07, 6.45) is 0. The Hall–Kier alpha value is -3.44. The van der Waals surface area contributed by atoms with Crippen molar-refractivity contribution in [3.8, 4) is 5.75 Å². The zero-order valence-corrected chi connectivity index (χ0v) is 18.1. The molecule has 32 heavy (non-hydrogen) atoms. The number of fused-ring (bicyclic) bond motifs is 3. The normalized spacial score (nSPS) is 25.2. The van der Waals surface area contributed by atoms with Crippen LogP contribution in [0.3, 0.4) is 0 Å². The van der Waals surface area contributed by atoms with Gasteiger partial charge in [-0.1, -0.05) is 60.1 Å². The second-order valence-corrected chi connectivity index (χ2v) is 8.81. The highest BCUT2D eigenvalue weighted by atomic mass is 35.5. The minimum absolute atomic E-state index is 0.244. The van der Waals surface area contributed by atoms with Crippen LogP contribution < -0.4 is 10.1 Å². The molecule has 5 nitrogen and oxygen atoms in total. The Kier molecular flexibility index (Phi) is 4.68. The van der Waals surface area contributed by atoms with Gasteiger partial charge in [-0.05, 0) is 42.8 Å². The number of esters is 1. The predicted molar refractivity (Wildman–Crippen MR) is 119 cm³/mol. The van der Waals surface area contributed by atoms with Gasteiger partial charge in [0.05, 0.1) is 5.41 Å². The zero-order valence-electron chi connectivity index (χ0n) is 17.3. The summed E-state index contributed by atoms with van der Waals surface area (Å²) >= 11 is 5.99. The highest BCUT2D eigenvalue weighted by Crippen LogP contribution is 2.78. The standard InChI is InChI=1S/C26H20ClNO4/c1-25(22(29)17-11-13-18(27)14-12-17)21-19-9-5-6-10-20(19)32-24(31)26(21,25)23(30)28-15-16-7-3-2-4-8-16/h2-14,21H,15H2,1H3,(H,28,30)/t21-,25+,26+/m1/s1. The van der Waals surface area contributed by atoms with Gasteiger partial charge in [0, 0.05) is 28.6 Å². The smallest absolute Gasteiger partial charge is 0.328 e. The molecule has 1 saturated carbocycles. The Morgan fingerprint density at radius 2 is 1.62 bits per heavy atom. The van der Waals surface area contributed by atoms with E-state index >= 15 is 0 Å². The predicted octanol–water partition coefficient (Wildman–Crippen LogP) is 4.55. The van der Waals surface area contributed by atoms with Gasteiger partial charge >= 0.3 is 5.97 Å². The third-order valence-corrected chi connectivity index (χ3v) is 6.98. The Morgan fingerprint density at radius 3 is 2.34 bits per heavy atom. The van der Waals surface area contributed by atoms with Gasteiger partial charge in [-0.15, -0.1) is 0 Å². The van der Waals surface area contributed by atoms with Crippen LogP contribution in [0.25, 0.3) is 0 Å². The van der Waals surface area contributed by atoms with Crippen molar-refractivity contribution in [2.75, 3.05) is 0 Å². The number of carbonyl (C=O) groups excluding carboxylic acids is 3. The van der Waals surface area contributed by atoms with Crippen molar-refractivity contribution < 1.29 is 19.1 Å². The number of ketones is 1. The number of para-hydroxylation sites is 1. The number of hydrogen-bond donors (Lipinski definition) is 1. The summed E-state index contributed by atoms with van der Waals surface area (Å²) in [6.45, 7) is 1.92. The van der Waals surface area contributed by atoms with Gasteiger partial charge in [0.1, 0.15) is 5.75 Å². The zero-order chi connectivity index (χ0) is 22.5. The number of benzene rings is 3. The van der Waals surface area contributed by atoms with Crippen molar-refractivity contribution in [1.29, 1.82) is 0 Å². The highest BCUT2D eigenvalue weighted by molar-refractivity contribution is 6.30. The molecule has 1 aliphatic carbocycles. The minimum Gasteiger partial charge on any atom is -0.425 e. The van der Waals surface area contributed by atoms with Crippen LogP contribution in [-0.2, 0) is 16.1 Å². The van der Waals surface area contributed by atoms with Crippen molar-refractivity contribution in [1.82, 2.24) is 5.32 Å². The van der Waals surface area contributed by atoms with Crippen LogP contribution in [-0.4, -0.2) is 17.7 Å². The maximum atomic E-state index is 13.7. The number of halogens is 1. The van der Waals surface area contributed by atoms with Crippen LogP contribution in [0.4, 0.5) is 0 Å². The summed E-state index contributed by atoms with van der Waals surface area (Å²) in [7, 11) is 0. The van der Waals surface area contributed by atoms with E-state index in [4.69, 9.17) is 16.3 Å². The molecule has 0 unspecified atom stereocenters. The van der Waals surface area contributed by atoms with Crippen molar-refractivity contribution in [2.45, 2.75) is 19.4 Å². The molecule has 160 valence electrons. The number of ether oxygens (including phenoxy) is 1. The van der Waals surface area contributed by atoms with E-state index in [1.165, 1.54) is 0 Å². The van der Waals surface area contributed by atoms with Crippen molar-refractivity contribution in [3.05, 3.63) is 101 Å². The highest BCUT2D eigenvalue weighted by Gasteiger charge is 2.88. The van der Waals surface area contributed by atoms with Crippen LogP contribution in [0, 0.1) is 10.8 Å². The first kappa shape index (κ1) is 20.5. The van der Waals surface area contributed by atoms with Gasteiger partial charge in [0.15, 0.2) is 11.2 Å². The van der Waals surface area contributed by atoms with E-state index in [-0.39, 0.29) is 12.3 Å². The number of amides is 1. The van der Waals surface area contributed by atoms with Crippen LogP contribution in [0.15, 0.2) is 78.9 Å². The molecule has 3 aromatic carbocycles. The summed E-state index contributed by atoms with van der Waals surface area (Å²) in [5.41, 5.74) is -0.943. The summed E-state index contributed by atoms with van der Waals surface area (Å²) < 4.78 is 5.59. The number of rotatable bonds is 5. The van der Waals surface area contributed by atoms with Crippen LogP contribution in [0.5, 0.6) is 5.75 Å². The average Bonchev–Trinajstić information content (AvgIpc) is 3.41. The lowest BCUT2D eigenvalue weighted by atomic mass is 9.86. The van der Waals surface area contributed by atoms with E-state index < -0.39 is 28.6 Å². The lowest BCUT2D eigenvalue weighted by Crippen LogP contribution is -2.45. The number of hydrogen-bond acceptors (Lipinski definition) is 4. The van der Waals surface area contributed by atoms with Gasteiger partial charge in [-0.2, -0.15) is 0 Å². The fraction of sp³-hybridized carbons (Fsp3) is 0.192. The molecule has 3 aromatic rings.